The highest BCUT2D eigenvalue weighted by Gasteiger charge is 2.14. The molecule has 1 rings (SSSR count). The van der Waals surface area contributed by atoms with Crippen LogP contribution in [0.1, 0.15) is 24.5 Å². The van der Waals surface area contributed by atoms with E-state index >= 15 is 0 Å². The van der Waals surface area contributed by atoms with Gasteiger partial charge in [0, 0.05) is 19.3 Å². The third-order valence-electron chi connectivity index (χ3n) is 1.87. The summed E-state index contributed by atoms with van der Waals surface area (Å²) >= 11 is 12.9. The first-order valence-electron chi connectivity index (χ1n) is 4.27. The van der Waals surface area contributed by atoms with E-state index in [1.165, 1.54) is 11.3 Å². The summed E-state index contributed by atoms with van der Waals surface area (Å²) in [6, 6.07) is 1.71. The van der Waals surface area contributed by atoms with Gasteiger partial charge in [-0.3, -0.25) is 0 Å². The lowest BCUT2D eigenvalue weighted by Gasteiger charge is -2.08. The van der Waals surface area contributed by atoms with Crippen LogP contribution >= 0.6 is 34.5 Å². The summed E-state index contributed by atoms with van der Waals surface area (Å²) in [5, 5.41) is 9.75. The maximum Gasteiger partial charge on any atom is 0.100 e. The first-order chi connectivity index (χ1) is 6.65. The Labute approximate surface area is 97.4 Å². The van der Waals surface area contributed by atoms with Crippen molar-refractivity contribution in [3.8, 4) is 0 Å². The van der Waals surface area contributed by atoms with E-state index in [1.807, 2.05) is 0 Å². The Kier molecular flexibility index (Phi) is 5.20. The quantitative estimate of drug-likeness (QED) is 0.816. The fourth-order valence-corrected chi connectivity index (χ4v) is 2.72. The van der Waals surface area contributed by atoms with E-state index in [9.17, 15) is 5.11 Å². The summed E-state index contributed by atoms with van der Waals surface area (Å²) in [6.45, 7) is 0.645. The molecule has 0 aliphatic carbocycles. The lowest BCUT2D eigenvalue weighted by molar-refractivity contribution is 0.136. The molecule has 1 aromatic heterocycles. The molecule has 1 atom stereocenters. The van der Waals surface area contributed by atoms with Crippen LogP contribution in [0.15, 0.2) is 6.07 Å². The number of aliphatic hydroxyl groups excluding tert-OH is 1. The van der Waals surface area contributed by atoms with Crippen LogP contribution in [0.25, 0.3) is 0 Å². The zero-order valence-corrected chi connectivity index (χ0v) is 10.1. The molecule has 80 valence electrons. The number of rotatable bonds is 5. The zero-order valence-electron chi connectivity index (χ0n) is 7.80. The number of thiophene rings is 1. The molecule has 1 heterocycles. The van der Waals surface area contributed by atoms with Gasteiger partial charge in [-0.15, -0.1) is 11.3 Å². The molecule has 0 spiro atoms. The molecule has 0 saturated carbocycles. The molecule has 1 unspecified atom stereocenters. The van der Waals surface area contributed by atoms with Crippen LogP contribution in [0, 0.1) is 0 Å². The lowest BCUT2D eigenvalue weighted by atomic mass is 10.1. The van der Waals surface area contributed by atoms with Gasteiger partial charge in [0.05, 0.1) is 10.4 Å². The van der Waals surface area contributed by atoms with Gasteiger partial charge in [-0.1, -0.05) is 23.2 Å². The van der Waals surface area contributed by atoms with Crippen LogP contribution in [0.2, 0.25) is 8.67 Å². The van der Waals surface area contributed by atoms with Crippen molar-refractivity contribution in [3.05, 3.63) is 20.3 Å². The Morgan fingerprint density at radius 2 is 2.29 bits per heavy atom. The monoisotopic (exact) mass is 254 g/mol. The Hall–Kier alpha value is 0.200. The van der Waals surface area contributed by atoms with Gasteiger partial charge in [0.15, 0.2) is 0 Å². The molecule has 2 nitrogen and oxygen atoms in total. The van der Waals surface area contributed by atoms with Crippen molar-refractivity contribution in [1.29, 1.82) is 0 Å². The minimum Gasteiger partial charge on any atom is -0.388 e. The number of methoxy groups -OCH3 is 1. The van der Waals surface area contributed by atoms with Crippen LogP contribution in [0.4, 0.5) is 0 Å². The maximum absolute atomic E-state index is 9.75. The zero-order chi connectivity index (χ0) is 10.6. The molecular formula is C9H12Cl2O2S. The normalized spacial score (nSPS) is 13.1. The van der Waals surface area contributed by atoms with E-state index in [0.29, 0.717) is 21.7 Å². The van der Waals surface area contributed by atoms with E-state index < -0.39 is 6.10 Å². The number of halogens is 2. The second kappa shape index (κ2) is 5.93. The highest BCUT2D eigenvalue weighted by atomic mass is 35.5. The maximum atomic E-state index is 9.75. The van der Waals surface area contributed by atoms with Gasteiger partial charge in [0.1, 0.15) is 4.34 Å². The number of hydrogen-bond acceptors (Lipinski definition) is 3. The molecule has 1 N–H and O–H groups in total. The van der Waals surface area contributed by atoms with Gasteiger partial charge in [0.2, 0.25) is 0 Å². The molecular weight excluding hydrogens is 243 g/mol. The fourth-order valence-electron chi connectivity index (χ4n) is 1.16. The van der Waals surface area contributed by atoms with Gasteiger partial charge in [-0.05, 0) is 18.9 Å². The summed E-state index contributed by atoms with van der Waals surface area (Å²) in [7, 11) is 1.64. The van der Waals surface area contributed by atoms with E-state index in [0.717, 1.165) is 12.0 Å². The topological polar surface area (TPSA) is 29.5 Å². The molecule has 1 aromatic rings. The van der Waals surface area contributed by atoms with E-state index in [4.69, 9.17) is 27.9 Å². The van der Waals surface area contributed by atoms with Crippen molar-refractivity contribution in [1.82, 2.24) is 0 Å². The molecule has 0 bridgehead atoms. The highest BCUT2D eigenvalue weighted by Crippen LogP contribution is 2.36. The third-order valence-corrected chi connectivity index (χ3v) is 3.39. The lowest BCUT2D eigenvalue weighted by Crippen LogP contribution is -1.98. The van der Waals surface area contributed by atoms with Crippen molar-refractivity contribution in [2.45, 2.75) is 18.9 Å². The van der Waals surface area contributed by atoms with Crippen LogP contribution in [-0.4, -0.2) is 18.8 Å². The predicted octanol–water partition coefficient (Wildman–Crippen LogP) is 3.51. The summed E-state index contributed by atoms with van der Waals surface area (Å²) in [6.07, 6.45) is 0.906. The minimum absolute atomic E-state index is 0.540. The average molecular weight is 255 g/mol. The predicted molar refractivity (Wildman–Crippen MR) is 60.4 cm³/mol. The highest BCUT2D eigenvalue weighted by molar-refractivity contribution is 7.20. The first-order valence-corrected chi connectivity index (χ1v) is 5.84. The molecule has 0 radical (unpaired) electrons. The molecule has 14 heavy (non-hydrogen) atoms. The summed E-state index contributed by atoms with van der Waals surface area (Å²) in [5.74, 6) is 0. The Morgan fingerprint density at radius 3 is 2.79 bits per heavy atom. The molecule has 0 aliphatic rings. The minimum atomic E-state index is -0.540. The van der Waals surface area contributed by atoms with Gasteiger partial charge in [-0.25, -0.2) is 0 Å². The second-order valence-corrected chi connectivity index (χ2v) is 5.22. The molecule has 0 aliphatic heterocycles. The molecule has 0 saturated heterocycles. The fraction of sp³-hybridized carbons (Fsp3) is 0.556. The van der Waals surface area contributed by atoms with Crippen LogP contribution < -0.4 is 0 Å². The number of hydrogen-bond donors (Lipinski definition) is 1. The van der Waals surface area contributed by atoms with E-state index in [-0.39, 0.29) is 0 Å². The van der Waals surface area contributed by atoms with Gasteiger partial charge < -0.3 is 9.84 Å². The standard InChI is InChI=1S/C9H12Cl2O2S/c1-13-4-2-3-7(12)6-5-8(10)14-9(6)11/h5,7,12H,2-4H2,1H3. The van der Waals surface area contributed by atoms with E-state index in [1.54, 1.807) is 13.2 Å². The van der Waals surface area contributed by atoms with Crippen LogP contribution in [-0.2, 0) is 4.74 Å². The Balaban J connectivity index is 2.51. The van der Waals surface area contributed by atoms with Crippen molar-refractivity contribution in [3.63, 3.8) is 0 Å². The van der Waals surface area contributed by atoms with Crippen molar-refractivity contribution in [2.24, 2.45) is 0 Å². The molecule has 0 fully saturated rings. The largest absolute Gasteiger partial charge is 0.388 e. The van der Waals surface area contributed by atoms with E-state index in [2.05, 4.69) is 0 Å². The van der Waals surface area contributed by atoms with Gasteiger partial charge in [0.25, 0.3) is 0 Å². The number of ether oxygens (including phenoxy) is 1. The smallest absolute Gasteiger partial charge is 0.100 e. The molecule has 5 heteroatoms. The number of aliphatic hydroxyl groups is 1. The molecule has 0 amide bonds. The second-order valence-electron chi connectivity index (χ2n) is 2.93. The Bertz CT molecular complexity index is 288. The third kappa shape index (κ3) is 3.41. The van der Waals surface area contributed by atoms with Gasteiger partial charge >= 0.3 is 0 Å². The van der Waals surface area contributed by atoms with Crippen LogP contribution in [0.3, 0.4) is 0 Å². The summed E-state index contributed by atoms with van der Waals surface area (Å²) in [5.41, 5.74) is 0.720. The summed E-state index contributed by atoms with van der Waals surface area (Å²) < 4.78 is 6.07. The summed E-state index contributed by atoms with van der Waals surface area (Å²) in [4.78, 5) is 0. The first kappa shape index (κ1) is 12.3. The molecule has 0 aromatic carbocycles. The van der Waals surface area contributed by atoms with Crippen molar-refractivity contribution < 1.29 is 9.84 Å². The van der Waals surface area contributed by atoms with Crippen molar-refractivity contribution >= 4 is 34.5 Å². The average Bonchev–Trinajstić information content (AvgIpc) is 2.45. The Morgan fingerprint density at radius 1 is 1.57 bits per heavy atom. The van der Waals surface area contributed by atoms with Crippen LogP contribution in [0.5, 0.6) is 0 Å². The van der Waals surface area contributed by atoms with Crippen molar-refractivity contribution in [2.75, 3.05) is 13.7 Å². The SMILES string of the molecule is COCCCC(O)c1cc(Cl)sc1Cl. The van der Waals surface area contributed by atoms with Gasteiger partial charge in [-0.2, -0.15) is 0 Å².